The fourth-order valence-electron chi connectivity index (χ4n) is 0. The molecule has 0 bridgehead atoms. The molecule has 0 aromatic heterocycles. The quantitative estimate of drug-likeness (QED) is 0.259. The number of rotatable bonds is 0. The van der Waals surface area contributed by atoms with E-state index in [-0.39, 0.29) is 0 Å². The Kier molecular flexibility index (Phi) is 4.38. The molecule has 0 N–H and O–H groups in total. The Morgan fingerprint density at radius 3 is 2.25 bits per heavy atom. The first-order valence-corrected chi connectivity index (χ1v) is 3.15. The molecule has 0 aromatic carbocycles. The van der Waals surface area contributed by atoms with Crippen LogP contribution >= 0.6 is 19.5 Å². The van der Waals surface area contributed by atoms with Crippen molar-refractivity contribution in [3.63, 3.8) is 0 Å². The fourth-order valence-corrected chi connectivity index (χ4v) is 0. The SMILES string of the molecule is CB=PS. The van der Waals surface area contributed by atoms with E-state index in [0.717, 1.165) is 7.27 Å². The zero-order valence-corrected chi connectivity index (χ0v) is 4.26. The Morgan fingerprint density at radius 2 is 2.25 bits per heavy atom. The van der Waals surface area contributed by atoms with Crippen LogP contribution < -0.4 is 0 Å². The molecule has 0 heterocycles. The summed E-state index contributed by atoms with van der Waals surface area (Å²) in [6.07, 6.45) is 0. The predicted octanol–water partition coefficient (Wildman–Crippen LogP) is 1.44. The van der Waals surface area contributed by atoms with E-state index in [9.17, 15) is 0 Å². The van der Waals surface area contributed by atoms with Gasteiger partial charge in [0.1, 0.15) is 0 Å². The van der Waals surface area contributed by atoms with Crippen LogP contribution in [-0.2, 0) is 0 Å². The molecule has 0 aliphatic heterocycles. The van der Waals surface area contributed by atoms with Crippen molar-refractivity contribution in [3.05, 3.63) is 0 Å². The Bertz CT molecular complexity index is 23.2. The first-order valence-electron chi connectivity index (χ1n) is 1.04. The fraction of sp³-hybridized carbons (Fsp3) is 1.00. The summed E-state index contributed by atoms with van der Waals surface area (Å²) in [5, 5.41) is 0. The molecule has 0 fully saturated rings. The van der Waals surface area contributed by atoms with Gasteiger partial charge in [0.25, 0.3) is 0 Å². The van der Waals surface area contributed by atoms with Gasteiger partial charge in [-0.2, -0.15) is 0 Å². The number of thiol groups is 1. The second-order valence-corrected chi connectivity index (χ2v) is 1.81. The van der Waals surface area contributed by atoms with Crippen LogP contribution in [0, 0.1) is 0 Å². The molecule has 0 rings (SSSR count). The van der Waals surface area contributed by atoms with Crippen LogP contribution in [0.15, 0.2) is 0 Å². The van der Waals surface area contributed by atoms with E-state index in [1.807, 2.05) is 13.4 Å². The van der Waals surface area contributed by atoms with E-state index in [0.29, 0.717) is 0 Å². The summed E-state index contributed by atoms with van der Waals surface area (Å²) in [6.45, 7) is 3.93. The van der Waals surface area contributed by atoms with Gasteiger partial charge < -0.3 is 0 Å². The van der Waals surface area contributed by atoms with Crippen molar-refractivity contribution in [1.29, 1.82) is 0 Å². The third-order valence-electron chi connectivity index (χ3n) is 0.115. The Morgan fingerprint density at radius 1 is 2.00 bits per heavy atom. The van der Waals surface area contributed by atoms with E-state index >= 15 is 0 Å². The average Bonchev–Trinajstić information content (AvgIpc) is 1.37. The minimum absolute atomic E-state index is 1.07. The first kappa shape index (κ1) is 4.71. The molecule has 22 valence electrons. The molecule has 0 radical (unpaired) electrons. The van der Waals surface area contributed by atoms with Crippen molar-refractivity contribution in [2.75, 3.05) is 0 Å². The van der Waals surface area contributed by atoms with Gasteiger partial charge in [0.15, 0.2) is 0 Å². The first-order chi connectivity index (χ1) is 1.91. The summed E-state index contributed by atoms with van der Waals surface area (Å²) >= 11 is 3.84. The van der Waals surface area contributed by atoms with Gasteiger partial charge in [-0.05, 0) is 0 Å². The van der Waals surface area contributed by atoms with E-state index in [4.69, 9.17) is 0 Å². The molecule has 0 amide bonds. The van der Waals surface area contributed by atoms with E-state index in [2.05, 4.69) is 12.2 Å². The molecule has 0 spiro atoms. The van der Waals surface area contributed by atoms with Crippen LogP contribution in [0.2, 0.25) is 6.82 Å². The summed E-state index contributed by atoms with van der Waals surface area (Å²) in [5.41, 5.74) is 0. The van der Waals surface area contributed by atoms with Crippen LogP contribution in [0.3, 0.4) is 0 Å². The summed E-state index contributed by atoms with van der Waals surface area (Å²) < 4.78 is 0. The van der Waals surface area contributed by atoms with E-state index in [1.165, 1.54) is 0 Å². The van der Waals surface area contributed by atoms with Gasteiger partial charge in [-0.1, -0.05) is 0 Å². The van der Waals surface area contributed by atoms with Crippen molar-refractivity contribution >= 4 is 26.1 Å². The second kappa shape index (κ2) is 3.71. The molecule has 0 unspecified atom stereocenters. The molecule has 0 saturated heterocycles. The molecule has 0 aliphatic rings. The standard InChI is InChI=1S/CH4BPS/c1-2-3-4/h4H,1H3. The van der Waals surface area contributed by atoms with Gasteiger partial charge in [0.2, 0.25) is 0 Å². The molecule has 0 nitrogen and oxygen atoms in total. The van der Waals surface area contributed by atoms with Gasteiger partial charge >= 0.3 is 33.0 Å². The molecule has 0 aromatic rings. The maximum atomic E-state index is 3.84. The van der Waals surface area contributed by atoms with Crippen molar-refractivity contribution in [2.24, 2.45) is 0 Å². The van der Waals surface area contributed by atoms with E-state index in [1.54, 1.807) is 0 Å². The summed E-state index contributed by atoms with van der Waals surface area (Å²) in [7, 11) is 1.07. The third kappa shape index (κ3) is 2.71. The maximum absolute atomic E-state index is 3.84. The van der Waals surface area contributed by atoms with Crippen LogP contribution in [0.5, 0.6) is 0 Å². The molecule has 0 saturated carbocycles. The predicted molar refractivity (Wildman–Crippen MR) is 27.5 cm³/mol. The van der Waals surface area contributed by atoms with Crippen molar-refractivity contribution in [1.82, 2.24) is 0 Å². The Balaban J connectivity index is 2.55. The average molecular weight is 89.9 g/mol. The van der Waals surface area contributed by atoms with Crippen molar-refractivity contribution < 1.29 is 0 Å². The van der Waals surface area contributed by atoms with Gasteiger partial charge in [-0.25, -0.2) is 0 Å². The molecular weight excluding hydrogens is 85.9 g/mol. The van der Waals surface area contributed by atoms with Crippen LogP contribution in [0.25, 0.3) is 0 Å². The van der Waals surface area contributed by atoms with Gasteiger partial charge in [0.05, 0.1) is 0 Å². The summed E-state index contributed by atoms with van der Waals surface area (Å²) in [5.74, 6) is 0. The summed E-state index contributed by atoms with van der Waals surface area (Å²) in [6, 6.07) is 0. The molecule has 4 heavy (non-hydrogen) atoms. The van der Waals surface area contributed by atoms with Gasteiger partial charge in [-0.15, -0.1) is 0 Å². The normalized spacial score (nSPS) is 7.50. The monoisotopic (exact) mass is 90.0 g/mol. The van der Waals surface area contributed by atoms with Gasteiger partial charge in [-0.3, -0.25) is 0 Å². The number of hydrogen-bond donors (Lipinski definition) is 1. The van der Waals surface area contributed by atoms with Crippen molar-refractivity contribution in [3.8, 4) is 0 Å². The Hall–Kier alpha value is 0.715. The zero-order chi connectivity index (χ0) is 3.41. The van der Waals surface area contributed by atoms with Crippen LogP contribution in [0.4, 0.5) is 0 Å². The van der Waals surface area contributed by atoms with E-state index < -0.39 is 0 Å². The molecular formula is CH4BPS. The Labute approximate surface area is 33.7 Å². The molecule has 3 heteroatoms. The second-order valence-electron chi connectivity index (χ2n) is 0.374. The zero-order valence-electron chi connectivity index (χ0n) is 2.47. The topological polar surface area (TPSA) is 0 Å². The molecule has 0 aliphatic carbocycles. The van der Waals surface area contributed by atoms with Crippen molar-refractivity contribution in [2.45, 2.75) is 6.82 Å². The van der Waals surface area contributed by atoms with Crippen LogP contribution in [0.1, 0.15) is 0 Å². The summed E-state index contributed by atoms with van der Waals surface area (Å²) in [4.78, 5) is 0. The number of hydrogen-bond acceptors (Lipinski definition) is 1. The molecule has 0 atom stereocenters. The van der Waals surface area contributed by atoms with Crippen LogP contribution in [-0.4, -0.2) is 6.62 Å². The third-order valence-corrected chi connectivity index (χ3v) is 1.04. The van der Waals surface area contributed by atoms with Gasteiger partial charge in [0, 0.05) is 0 Å². The minimum atomic E-state index is 1.07.